The lowest BCUT2D eigenvalue weighted by molar-refractivity contribution is 1.19. The molecule has 11 aromatic rings. The third kappa shape index (κ3) is 5.09. The van der Waals surface area contributed by atoms with Crippen LogP contribution in [0.2, 0.25) is 0 Å². The number of hydrogen-bond donors (Lipinski definition) is 0. The second-order valence-electron chi connectivity index (χ2n) is 13.8. The van der Waals surface area contributed by atoms with Gasteiger partial charge in [-0.25, -0.2) is 19.9 Å². The van der Waals surface area contributed by atoms with Crippen LogP contribution in [-0.2, 0) is 0 Å². The van der Waals surface area contributed by atoms with E-state index < -0.39 is 0 Å². The van der Waals surface area contributed by atoms with Crippen LogP contribution in [0.25, 0.3) is 105 Å². The Kier molecular flexibility index (Phi) is 7.10. The minimum Gasteiger partial charge on any atom is -0.298 e. The standard InChI is InChI=1S/C50H31N5/c1-3-16-32(17-4-1)45-44(35-21-15-22-36(30-35)47-49-48(40-26-11-12-27-42(40)51-47)52-43-28-13-14-29-55(43)49)46(33-18-5-2-6-19-33)54-50(53-45)41-31-34-20-7-8-23-37(34)38-24-9-10-25-39(38)41/h1-31H. The topological polar surface area (TPSA) is 56.0 Å². The van der Waals surface area contributed by atoms with E-state index in [4.69, 9.17) is 19.9 Å². The van der Waals surface area contributed by atoms with Gasteiger partial charge in [-0.05, 0) is 57.4 Å². The van der Waals surface area contributed by atoms with Gasteiger partial charge in [-0.1, -0.05) is 152 Å². The quantitative estimate of drug-likeness (QED) is 0.168. The number of rotatable bonds is 5. The summed E-state index contributed by atoms with van der Waals surface area (Å²) in [7, 11) is 0. The summed E-state index contributed by atoms with van der Waals surface area (Å²) in [6, 6.07) is 63.3. The van der Waals surface area contributed by atoms with Gasteiger partial charge in [0.25, 0.3) is 0 Å². The summed E-state index contributed by atoms with van der Waals surface area (Å²) in [4.78, 5) is 21.4. The van der Waals surface area contributed by atoms with E-state index in [0.717, 1.165) is 88.8 Å². The maximum Gasteiger partial charge on any atom is 0.161 e. The molecule has 0 aliphatic rings. The summed E-state index contributed by atoms with van der Waals surface area (Å²) in [5.41, 5.74) is 12.3. The van der Waals surface area contributed by atoms with E-state index in [0.29, 0.717) is 5.82 Å². The highest BCUT2D eigenvalue weighted by molar-refractivity contribution is 6.14. The van der Waals surface area contributed by atoms with Crippen molar-refractivity contribution in [2.45, 2.75) is 0 Å². The molecule has 11 rings (SSSR count). The third-order valence-corrected chi connectivity index (χ3v) is 10.6. The lowest BCUT2D eigenvalue weighted by atomic mass is 9.92. The Balaban J connectivity index is 1.22. The Morgan fingerprint density at radius 1 is 0.382 bits per heavy atom. The number of fused-ring (bicyclic) bond motifs is 8. The monoisotopic (exact) mass is 701 g/mol. The molecule has 256 valence electrons. The zero-order chi connectivity index (χ0) is 36.3. The van der Waals surface area contributed by atoms with Crippen molar-refractivity contribution in [2.75, 3.05) is 0 Å². The van der Waals surface area contributed by atoms with Crippen LogP contribution in [0.3, 0.4) is 0 Å². The molecule has 4 aromatic heterocycles. The van der Waals surface area contributed by atoms with Crippen molar-refractivity contribution in [3.8, 4) is 56.3 Å². The van der Waals surface area contributed by atoms with Crippen LogP contribution in [0, 0.1) is 0 Å². The Morgan fingerprint density at radius 3 is 1.75 bits per heavy atom. The summed E-state index contributed by atoms with van der Waals surface area (Å²) >= 11 is 0. The molecule has 7 aromatic carbocycles. The molecule has 5 heteroatoms. The summed E-state index contributed by atoms with van der Waals surface area (Å²) in [5, 5.41) is 5.70. The number of pyridine rings is 2. The van der Waals surface area contributed by atoms with Crippen LogP contribution in [0.1, 0.15) is 0 Å². The highest BCUT2D eigenvalue weighted by Gasteiger charge is 2.23. The van der Waals surface area contributed by atoms with Crippen molar-refractivity contribution < 1.29 is 0 Å². The van der Waals surface area contributed by atoms with E-state index >= 15 is 0 Å². The third-order valence-electron chi connectivity index (χ3n) is 10.6. The van der Waals surface area contributed by atoms with E-state index in [1.807, 2.05) is 42.5 Å². The predicted molar refractivity (Wildman–Crippen MR) is 226 cm³/mol. The zero-order valence-electron chi connectivity index (χ0n) is 29.6. The van der Waals surface area contributed by atoms with Crippen LogP contribution in [0.5, 0.6) is 0 Å². The van der Waals surface area contributed by atoms with Gasteiger partial charge in [0.1, 0.15) is 11.2 Å². The fourth-order valence-corrected chi connectivity index (χ4v) is 8.08. The van der Waals surface area contributed by atoms with E-state index in [1.54, 1.807) is 0 Å². The Hall–Kier alpha value is -7.50. The minimum absolute atomic E-state index is 0.684. The maximum atomic E-state index is 5.52. The van der Waals surface area contributed by atoms with Crippen LogP contribution < -0.4 is 0 Å². The van der Waals surface area contributed by atoms with Crippen molar-refractivity contribution in [3.63, 3.8) is 0 Å². The number of imidazole rings is 1. The SMILES string of the molecule is c1ccc(-c2nc(-c3cc4ccccc4c4ccccc34)nc(-c3ccccc3)c2-c2cccc(-c3nc4ccccc4c4nc5ccccn5c34)c2)cc1. The number of hydrogen-bond acceptors (Lipinski definition) is 4. The first-order chi connectivity index (χ1) is 27.3. The molecule has 55 heavy (non-hydrogen) atoms. The van der Waals surface area contributed by atoms with Crippen molar-refractivity contribution in [1.29, 1.82) is 0 Å². The van der Waals surface area contributed by atoms with Crippen LogP contribution in [0.15, 0.2) is 188 Å². The molecule has 0 atom stereocenters. The average Bonchev–Trinajstić information content (AvgIpc) is 3.66. The first-order valence-electron chi connectivity index (χ1n) is 18.5. The van der Waals surface area contributed by atoms with Crippen molar-refractivity contribution >= 4 is 49.1 Å². The highest BCUT2D eigenvalue weighted by atomic mass is 15.0. The minimum atomic E-state index is 0.684. The molecule has 0 amide bonds. The van der Waals surface area contributed by atoms with Crippen molar-refractivity contribution in [2.24, 2.45) is 0 Å². The summed E-state index contributed by atoms with van der Waals surface area (Å²) < 4.78 is 2.15. The van der Waals surface area contributed by atoms with Gasteiger partial charge in [-0.3, -0.25) is 4.40 Å². The number of nitrogens with zero attached hydrogens (tertiary/aromatic N) is 5. The van der Waals surface area contributed by atoms with Crippen LogP contribution in [-0.4, -0.2) is 24.3 Å². The molecule has 0 unspecified atom stereocenters. The molecule has 0 aliphatic heterocycles. The van der Waals surface area contributed by atoms with E-state index in [1.165, 1.54) is 10.8 Å². The van der Waals surface area contributed by atoms with Crippen LogP contribution in [0.4, 0.5) is 0 Å². The second-order valence-corrected chi connectivity index (χ2v) is 13.8. The van der Waals surface area contributed by atoms with Crippen molar-refractivity contribution in [1.82, 2.24) is 24.3 Å². The van der Waals surface area contributed by atoms with Gasteiger partial charge in [-0.2, -0.15) is 0 Å². The summed E-state index contributed by atoms with van der Waals surface area (Å²) in [6.07, 6.45) is 2.07. The molecule has 0 saturated heterocycles. The molecule has 0 bridgehead atoms. The fraction of sp³-hybridized carbons (Fsp3) is 0. The fourth-order valence-electron chi connectivity index (χ4n) is 8.08. The van der Waals surface area contributed by atoms with Crippen LogP contribution >= 0.6 is 0 Å². The largest absolute Gasteiger partial charge is 0.298 e. The molecule has 0 N–H and O–H groups in total. The first kappa shape index (κ1) is 31.1. The zero-order valence-corrected chi connectivity index (χ0v) is 29.6. The Bertz CT molecular complexity index is 3200. The van der Waals surface area contributed by atoms with Crippen molar-refractivity contribution in [3.05, 3.63) is 188 Å². The first-order valence-corrected chi connectivity index (χ1v) is 18.5. The lowest BCUT2D eigenvalue weighted by Crippen LogP contribution is -2.01. The Labute approximate surface area is 316 Å². The van der Waals surface area contributed by atoms with E-state index in [-0.39, 0.29) is 0 Å². The summed E-state index contributed by atoms with van der Waals surface area (Å²) in [6.45, 7) is 0. The molecule has 0 aliphatic carbocycles. The van der Waals surface area contributed by atoms with E-state index in [9.17, 15) is 0 Å². The number of aromatic nitrogens is 5. The highest BCUT2D eigenvalue weighted by Crippen LogP contribution is 2.43. The normalized spacial score (nSPS) is 11.6. The van der Waals surface area contributed by atoms with E-state index in [2.05, 4.69) is 150 Å². The molecule has 5 nitrogen and oxygen atoms in total. The van der Waals surface area contributed by atoms with Gasteiger partial charge in [0.05, 0.1) is 28.1 Å². The molecule has 0 radical (unpaired) electrons. The smallest absolute Gasteiger partial charge is 0.161 e. The Morgan fingerprint density at radius 2 is 0.982 bits per heavy atom. The lowest BCUT2D eigenvalue weighted by Gasteiger charge is -2.18. The maximum absolute atomic E-state index is 5.52. The number of benzene rings is 7. The predicted octanol–water partition coefficient (Wildman–Crippen LogP) is 12.5. The number of para-hydroxylation sites is 1. The van der Waals surface area contributed by atoms with Gasteiger partial charge in [-0.15, -0.1) is 0 Å². The van der Waals surface area contributed by atoms with Gasteiger partial charge in [0.15, 0.2) is 5.82 Å². The molecule has 0 spiro atoms. The van der Waals surface area contributed by atoms with Gasteiger partial charge in [0.2, 0.25) is 0 Å². The van der Waals surface area contributed by atoms with Gasteiger partial charge < -0.3 is 0 Å². The van der Waals surface area contributed by atoms with Gasteiger partial charge >= 0.3 is 0 Å². The summed E-state index contributed by atoms with van der Waals surface area (Å²) in [5.74, 6) is 0.684. The molecular formula is C50H31N5. The molecular weight excluding hydrogens is 671 g/mol. The molecule has 0 saturated carbocycles. The molecule has 0 fully saturated rings. The van der Waals surface area contributed by atoms with Gasteiger partial charge in [0, 0.05) is 39.4 Å². The second kappa shape index (κ2) is 12.6. The average molecular weight is 702 g/mol. The molecule has 4 heterocycles.